The lowest BCUT2D eigenvalue weighted by molar-refractivity contribution is 0.122. The van der Waals surface area contributed by atoms with Gasteiger partial charge in [0.1, 0.15) is 10.0 Å². The molecule has 118 valence electrons. The van der Waals surface area contributed by atoms with E-state index in [1.165, 1.54) is 6.07 Å². The first-order valence-corrected chi connectivity index (χ1v) is 9.29. The number of sulfonamides is 1. The summed E-state index contributed by atoms with van der Waals surface area (Å²) in [5, 5.41) is 0. The minimum Gasteiger partial charge on any atom is -0.378 e. The minimum atomic E-state index is -3.64. The van der Waals surface area contributed by atoms with Crippen molar-refractivity contribution in [2.24, 2.45) is 0 Å². The van der Waals surface area contributed by atoms with Gasteiger partial charge in [-0.25, -0.2) is 13.4 Å². The molecule has 9 heteroatoms. The number of aromatic nitrogens is 1. The SMILES string of the molecule is O=S(=O)(Nc1ccc(N2CCOCC2)cn1)c1ccc(Cl)s1. The highest BCUT2D eigenvalue weighted by Gasteiger charge is 2.18. The van der Waals surface area contributed by atoms with Crippen molar-refractivity contribution in [3.8, 4) is 0 Å². The van der Waals surface area contributed by atoms with Crippen LogP contribution in [0.25, 0.3) is 0 Å². The molecule has 0 bridgehead atoms. The van der Waals surface area contributed by atoms with Gasteiger partial charge in [-0.15, -0.1) is 11.3 Å². The Labute approximate surface area is 137 Å². The molecule has 3 heterocycles. The van der Waals surface area contributed by atoms with Crippen molar-refractivity contribution in [2.45, 2.75) is 4.21 Å². The number of rotatable bonds is 4. The molecule has 0 amide bonds. The molecule has 1 N–H and O–H groups in total. The lowest BCUT2D eigenvalue weighted by Crippen LogP contribution is -2.36. The van der Waals surface area contributed by atoms with Gasteiger partial charge in [0.25, 0.3) is 10.0 Å². The summed E-state index contributed by atoms with van der Waals surface area (Å²) in [7, 11) is -3.64. The van der Waals surface area contributed by atoms with Gasteiger partial charge in [-0.05, 0) is 24.3 Å². The minimum absolute atomic E-state index is 0.163. The molecule has 6 nitrogen and oxygen atoms in total. The maximum atomic E-state index is 12.2. The molecule has 22 heavy (non-hydrogen) atoms. The Morgan fingerprint density at radius 2 is 2.00 bits per heavy atom. The van der Waals surface area contributed by atoms with E-state index < -0.39 is 10.0 Å². The van der Waals surface area contributed by atoms with Gasteiger partial charge in [-0.1, -0.05) is 11.6 Å². The zero-order valence-electron chi connectivity index (χ0n) is 11.5. The Morgan fingerprint density at radius 3 is 2.59 bits per heavy atom. The lowest BCUT2D eigenvalue weighted by atomic mass is 10.3. The van der Waals surface area contributed by atoms with E-state index in [1.807, 2.05) is 6.07 Å². The fourth-order valence-electron chi connectivity index (χ4n) is 2.09. The highest BCUT2D eigenvalue weighted by atomic mass is 35.5. The highest BCUT2D eigenvalue weighted by Crippen LogP contribution is 2.27. The van der Waals surface area contributed by atoms with Crippen LogP contribution in [0.15, 0.2) is 34.7 Å². The molecule has 1 fully saturated rings. The number of anilines is 2. The molecular formula is C13H14ClN3O3S2. The molecule has 1 aliphatic heterocycles. The van der Waals surface area contributed by atoms with Crippen molar-refractivity contribution in [2.75, 3.05) is 35.9 Å². The second kappa shape index (κ2) is 6.41. The maximum absolute atomic E-state index is 12.2. The number of pyridine rings is 1. The quantitative estimate of drug-likeness (QED) is 0.907. The number of halogens is 1. The van der Waals surface area contributed by atoms with Crippen molar-refractivity contribution in [3.05, 3.63) is 34.8 Å². The third-order valence-corrected chi connectivity index (χ3v) is 6.25. The summed E-state index contributed by atoms with van der Waals surface area (Å²) in [6.07, 6.45) is 1.66. The highest BCUT2D eigenvalue weighted by molar-refractivity contribution is 7.94. The summed E-state index contributed by atoms with van der Waals surface area (Å²) in [5.74, 6) is 0.279. The van der Waals surface area contributed by atoms with Gasteiger partial charge >= 0.3 is 0 Å². The predicted octanol–water partition coefficient (Wildman–Crippen LogP) is 2.43. The van der Waals surface area contributed by atoms with Crippen LogP contribution in [-0.4, -0.2) is 39.7 Å². The average molecular weight is 360 g/mol. The molecule has 0 spiro atoms. The molecular weight excluding hydrogens is 346 g/mol. The van der Waals surface area contributed by atoms with Crippen molar-refractivity contribution in [3.63, 3.8) is 0 Å². The van der Waals surface area contributed by atoms with Gasteiger partial charge in [0, 0.05) is 13.1 Å². The van der Waals surface area contributed by atoms with Crippen LogP contribution in [-0.2, 0) is 14.8 Å². The standard InChI is InChI=1S/C13H14ClN3O3S2/c14-11-2-4-13(21-11)22(18,19)16-12-3-1-10(9-15-12)17-5-7-20-8-6-17/h1-4,9H,5-8H2,(H,15,16). The molecule has 0 aliphatic carbocycles. The van der Waals surface area contributed by atoms with Gasteiger partial charge in [0.2, 0.25) is 0 Å². The van der Waals surface area contributed by atoms with Crippen LogP contribution in [0.3, 0.4) is 0 Å². The van der Waals surface area contributed by atoms with Gasteiger partial charge in [-0.2, -0.15) is 0 Å². The summed E-state index contributed by atoms with van der Waals surface area (Å²) in [6, 6.07) is 6.52. The molecule has 0 unspecified atom stereocenters. The molecule has 2 aromatic heterocycles. The van der Waals surface area contributed by atoms with Gasteiger partial charge in [0.05, 0.1) is 29.4 Å². The zero-order chi connectivity index (χ0) is 15.6. The van der Waals surface area contributed by atoms with Crippen LogP contribution in [0.2, 0.25) is 4.34 Å². The van der Waals surface area contributed by atoms with E-state index in [-0.39, 0.29) is 10.0 Å². The Kier molecular flexibility index (Phi) is 4.53. The molecule has 2 aromatic rings. The first-order chi connectivity index (χ1) is 10.5. The average Bonchev–Trinajstić information content (AvgIpc) is 2.96. The van der Waals surface area contributed by atoms with E-state index >= 15 is 0 Å². The molecule has 0 saturated carbocycles. The van der Waals surface area contributed by atoms with Gasteiger partial charge in [-0.3, -0.25) is 4.72 Å². The number of hydrogen-bond donors (Lipinski definition) is 1. The second-order valence-corrected chi connectivity index (χ2v) is 8.29. The Morgan fingerprint density at radius 1 is 1.23 bits per heavy atom. The zero-order valence-corrected chi connectivity index (χ0v) is 13.9. The molecule has 0 atom stereocenters. The van der Waals surface area contributed by atoms with Crippen molar-refractivity contribution < 1.29 is 13.2 Å². The third kappa shape index (κ3) is 3.52. The Hall–Kier alpha value is -1.35. The summed E-state index contributed by atoms with van der Waals surface area (Å²) in [6.45, 7) is 2.99. The van der Waals surface area contributed by atoms with Crippen molar-refractivity contribution in [1.29, 1.82) is 0 Å². The second-order valence-electron chi connectivity index (χ2n) is 4.67. The van der Waals surface area contributed by atoms with E-state index in [1.54, 1.807) is 18.3 Å². The smallest absolute Gasteiger partial charge is 0.272 e. The lowest BCUT2D eigenvalue weighted by Gasteiger charge is -2.28. The molecule has 0 aromatic carbocycles. The monoisotopic (exact) mass is 359 g/mol. The molecule has 1 saturated heterocycles. The number of ether oxygens (including phenoxy) is 1. The summed E-state index contributed by atoms with van der Waals surface area (Å²) in [4.78, 5) is 6.32. The van der Waals surface area contributed by atoms with Gasteiger partial charge < -0.3 is 9.64 Å². The largest absolute Gasteiger partial charge is 0.378 e. The molecule has 0 radical (unpaired) electrons. The summed E-state index contributed by atoms with van der Waals surface area (Å²) < 4.78 is 32.7. The number of nitrogens with zero attached hydrogens (tertiary/aromatic N) is 2. The van der Waals surface area contributed by atoms with Crippen molar-refractivity contribution in [1.82, 2.24) is 4.98 Å². The van der Waals surface area contributed by atoms with Crippen molar-refractivity contribution >= 4 is 44.5 Å². The number of morpholine rings is 1. The van der Waals surface area contributed by atoms with E-state index in [0.717, 1.165) is 30.1 Å². The van der Waals surface area contributed by atoms with Crippen LogP contribution in [0.4, 0.5) is 11.5 Å². The molecule has 1 aliphatic rings. The maximum Gasteiger partial charge on any atom is 0.272 e. The number of thiophene rings is 1. The number of hydrogen-bond acceptors (Lipinski definition) is 6. The number of nitrogens with one attached hydrogen (secondary N) is 1. The van der Waals surface area contributed by atoms with E-state index in [4.69, 9.17) is 16.3 Å². The Bertz CT molecular complexity index is 740. The van der Waals surface area contributed by atoms with Crippen LogP contribution < -0.4 is 9.62 Å². The third-order valence-electron chi connectivity index (χ3n) is 3.18. The summed E-state index contributed by atoms with van der Waals surface area (Å²) >= 11 is 6.78. The fraction of sp³-hybridized carbons (Fsp3) is 0.308. The van der Waals surface area contributed by atoms with E-state index in [2.05, 4.69) is 14.6 Å². The molecule has 3 rings (SSSR count). The first kappa shape index (κ1) is 15.5. The van der Waals surface area contributed by atoms with Crippen LogP contribution in [0.1, 0.15) is 0 Å². The van der Waals surface area contributed by atoms with E-state index in [9.17, 15) is 8.42 Å². The Balaban J connectivity index is 1.73. The van der Waals surface area contributed by atoms with Gasteiger partial charge in [0.15, 0.2) is 0 Å². The van der Waals surface area contributed by atoms with E-state index in [0.29, 0.717) is 17.6 Å². The topological polar surface area (TPSA) is 71.5 Å². The first-order valence-electron chi connectivity index (χ1n) is 6.61. The van der Waals surface area contributed by atoms with Crippen LogP contribution in [0.5, 0.6) is 0 Å². The predicted molar refractivity (Wildman–Crippen MR) is 87.4 cm³/mol. The van der Waals surface area contributed by atoms with Crippen LogP contribution in [0, 0.1) is 0 Å². The van der Waals surface area contributed by atoms with Crippen LogP contribution >= 0.6 is 22.9 Å². The normalized spacial score (nSPS) is 15.8. The fourth-order valence-corrected chi connectivity index (χ4v) is 4.58. The summed E-state index contributed by atoms with van der Waals surface area (Å²) in [5.41, 5.74) is 0.949.